The molecule has 0 aliphatic rings. The summed E-state index contributed by atoms with van der Waals surface area (Å²) in [6, 6.07) is 8.06. The van der Waals surface area contributed by atoms with Crippen LogP contribution in [-0.2, 0) is 6.61 Å². The fraction of sp³-hybridized carbons (Fsp3) is 0.200. The maximum absolute atomic E-state index is 13.0. The van der Waals surface area contributed by atoms with Crippen molar-refractivity contribution in [1.82, 2.24) is 0 Å². The number of ether oxygens (including phenoxy) is 1. The standard InChI is InChI=1S/C15H14BF4O/c1-10-4-3-5-11(2)13(10)9-21-15-7-6-12(17)8-14(15)16(18,19)20/h3-8H,9H2,1-2H3/q-1. The summed E-state index contributed by atoms with van der Waals surface area (Å²) in [4.78, 5) is 0. The molecule has 0 bridgehead atoms. The summed E-state index contributed by atoms with van der Waals surface area (Å²) in [7, 11) is 0. The van der Waals surface area contributed by atoms with Gasteiger partial charge in [-0.15, -0.1) is 0 Å². The molecule has 0 aliphatic carbocycles. The maximum Gasteiger partial charge on any atom is 0.513 e. The summed E-state index contributed by atoms with van der Waals surface area (Å²) in [5, 5.41) is 0. The first-order chi connectivity index (χ1) is 9.79. The quantitative estimate of drug-likeness (QED) is 0.610. The molecule has 0 heterocycles. The second-order valence-electron chi connectivity index (χ2n) is 4.92. The first-order valence-corrected chi connectivity index (χ1v) is 6.46. The highest BCUT2D eigenvalue weighted by atomic mass is 19.4. The Kier molecular flexibility index (Phi) is 4.25. The molecule has 0 unspecified atom stereocenters. The minimum absolute atomic E-state index is 0.0172. The Morgan fingerprint density at radius 1 is 1.00 bits per heavy atom. The van der Waals surface area contributed by atoms with Crippen molar-refractivity contribution >= 4 is 12.4 Å². The molecule has 2 aromatic rings. The van der Waals surface area contributed by atoms with E-state index in [0.29, 0.717) is 6.07 Å². The number of halogens is 4. The lowest BCUT2D eigenvalue weighted by atomic mass is 9.79. The summed E-state index contributed by atoms with van der Waals surface area (Å²) >= 11 is 0. The van der Waals surface area contributed by atoms with Crippen molar-refractivity contribution in [2.75, 3.05) is 0 Å². The molecule has 0 N–H and O–H groups in total. The van der Waals surface area contributed by atoms with Crippen LogP contribution in [0, 0.1) is 19.7 Å². The maximum atomic E-state index is 13.0. The van der Waals surface area contributed by atoms with Gasteiger partial charge in [0.2, 0.25) is 0 Å². The van der Waals surface area contributed by atoms with Crippen LogP contribution < -0.4 is 10.2 Å². The van der Waals surface area contributed by atoms with Crippen molar-refractivity contribution in [1.29, 1.82) is 0 Å². The Labute approximate surface area is 120 Å². The summed E-state index contributed by atoms with van der Waals surface area (Å²) < 4.78 is 57.1. The Balaban J connectivity index is 2.29. The van der Waals surface area contributed by atoms with Crippen molar-refractivity contribution < 1.29 is 22.1 Å². The molecule has 2 aromatic carbocycles. The lowest BCUT2D eigenvalue weighted by Gasteiger charge is -2.20. The zero-order chi connectivity index (χ0) is 15.6. The third-order valence-corrected chi connectivity index (χ3v) is 3.34. The topological polar surface area (TPSA) is 9.23 Å². The highest BCUT2D eigenvalue weighted by Gasteiger charge is 2.29. The zero-order valence-electron chi connectivity index (χ0n) is 11.7. The Morgan fingerprint density at radius 2 is 1.62 bits per heavy atom. The van der Waals surface area contributed by atoms with Gasteiger partial charge in [-0.3, -0.25) is 0 Å². The molecule has 0 aromatic heterocycles. The van der Waals surface area contributed by atoms with E-state index in [1.54, 1.807) is 0 Å². The second kappa shape index (κ2) is 5.80. The van der Waals surface area contributed by atoms with Gasteiger partial charge in [0.05, 0.1) is 5.75 Å². The molecule has 1 nitrogen and oxygen atoms in total. The molecule has 2 rings (SSSR count). The van der Waals surface area contributed by atoms with Crippen molar-refractivity contribution in [3.8, 4) is 5.75 Å². The van der Waals surface area contributed by atoms with Crippen molar-refractivity contribution in [3.63, 3.8) is 0 Å². The van der Waals surface area contributed by atoms with Crippen LogP contribution in [-0.4, -0.2) is 6.98 Å². The number of benzene rings is 2. The molecule has 0 radical (unpaired) electrons. The van der Waals surface area contributed by atoms with Crippen LogP contribution in [0.3, 0.4) is 0 Å². The van der Waals surface area contributed by atoms with Crippen molar-refractivity contribution in [3.05, 3.63) is 58.9 Å². The highest BCUT2D eigenvalue weighted by molar-refractivity contribution is 6.74. The molecule has 0 saturated heterocycles. The van der Waals surface area contributed by atoms with E-state index in [1.807, 2.05) is 32.0 Å². The van der Waals surface area contributed by atoms with Crippen molar-refractivity contribution in [2.24, 2.45) is 0 Å². The summed E-state index contributed by atoms with van der Waals surface area (Å²) in [6.45, 7) is -1.57. The molecule has 0 spiro atoms. The fourth-order valence-corrected chi connectivity index (χ4v) is 2.13. The lowest BCUT2D eigenvalue weighted by Crippen LogP contribution is -2.35. The van der Waals surface area contributed by atoms with Crippen LogP contribution in [0.25, 0.3) is 0 Å². The third-order valence-electron chi connectivity index (χ3n) is 3.34. The molecule has 0 saturated carbocycles. The lowest BCUT2D eigenvalue weighted by molar-refractivity contribution is 0.305. The molecule has 0 amide bonds. The predicted octanol–water partition coefficient (Wildman–Crippen LogP) is 4.08. The van der Waals surface area contributed by atoms with E-state index < -0.39 is 18.3 Å². The Hall–Kier alpha value is -1.98. The van der Waals surface area contributed by atoms with Crippen LogP contribution in [0.1, 0.15) is 16.7 Å². The van der Waals surface area contributed by atoms with Crippen LogP contribution >= 0.6 is 0 Å². The molecule has 112 valence electrons. The largest absolute Gasteiger partial charge is 0.513 e. The number of hydrogen-bond acceptors (Lipinski definition) is 1. The van der Waals surface area contributed by atoms with E-state index in [2.05, 4.69) is 0 Å². The average molecular weight is 297 g/mol. The first-order valence-electron chi connectivity index (χ1n) is 6.46. The van der Waals surface area contributed by atoms with Gasteiger partial charge in [-0.2, -0.15) is 0 Å². The van der Waals surface area contributed by atoms with E-state index in [0.717, 1.165) is 28.8 Å². The zero-order valence-corrected chi connectivity index (χ0v) is 11.7. The molecular formula is C15H14BF4O-. The molecule has 0 atom stereocenters. The van der Waals surface area contributed by atoms with Gasteiger partial charge < -0.3 is 17.7 Å². The SMILES string of the molecule is Cc1cccc(C)c1COc1ccc(F)cc1[B-](F)(F)F. The summed E-state index contributed by atoms with van der Waals surface area (Å²) in [5.41, 5.74) is 1.68. The van der Waals surface area contributed by atoms with Crippen LogP contribution in [0.4, 0.5) is 17.3 Å². The number of hydrogen-bond donors (Lipinski definition) is 0. The minimum atomic E-state index is -5.32. The second-order valence-corrected chi connectivity index (χ2v) is 4.92. The van der Waals surface area contributed by atoms with Gasteiger partial charge in [-0.1, -0.05) is 23.7 Å². The van der Waals surface area contributed by atoms with Crippen molar-refractivity contribution in [2.45, 2.75) is 20.5 Å². The number of rotatable bonds is 4. The van der Waals surface area contributed by atoms with E-state index in [4.69, 9.17) is 4.74 Å². The monoisotopic (exact) mass is 297 g/mol. The third kappa shape index (κ3) is 3.57. The van der Waals surface area contributed by atoms with Crippen LogP contribution in [0.5, 0.6) is 5.75 Å². The van der Waals surface area contributed by atoms with Gasteiger partial charge in [0.1, 0.15) is 12.4 Å². The fourth-order valence-electron chi connectivity index (χ4n) is 2.13. The van der Waals surface area contributed by atoms with Crippen LogP contribution in [0.15, 0.2) is 36.4 Å². The van der Waals surface area contributed by atoms with Gasteiger partial charge in [-0.05, 0) is 48.7 Å². The predicted molar refractivity (Wildman–Crippen MR) is 75.4 cm³/mol. The Morgan fingerprint density at radius 3 is 2.19 bits per heavy atom. The van der Waals surface area contributed by atoms with E-state index >= 15 is 0 Å². The van der Waals surface area contributed by atoms with E-state index in [-0.39, 0.29) is 12.4 Å². The first kappa shape index (κ1) is 15.4. The normalized spacial score (nSPS) is 11.5. The minimum Gasteiger partial charge on any atom is -0.492 e. The van der Waals surface area contributed by atoms with E-state index in [9.17, 15) is 17.3 Å². The van der Waals surface area contributed by atoms with Gasteiger partial charge in [0, 0.05) is 0 Å². The number of aryl methyl sites for hydroxylation is 2. The van der Waals surface area contributed by atoms with Gasteiger partial charge in [0.25, 0.3) is 0 Å². The van der Waals surface area contributed by atoms with Gasteiger partial charge in [-0.25, -0.2) is 4.39 Å². The average Bonchev–Trinajstić information content (AvgIpc) is 2.38. The van der Waals surface area contributed by atoms with Crippen LogP contribution in [0.2, 0.25) is 0 Å². The highest BCUT2D eigenvalue weighted by Crippen LogP contribution is 2.21. The Bertz CT molecular complexity index is 632. The smallest absolute Gasteiger partial charge is 0.492 e. The molecule has 0 fully saturated rings. The molecule has 6 heteroatoms. The summed E-state index contributed by atoms with van der Waals surface area (Å²) in [5.74, 6) is -1.27. The molecule has 21 heavy (non-hydrogen) atoms. The molecular weight excluding hydrogens is 283 g/mol. The van der Waals surface area contributed by atoms with Gasteiger partial charge >= 0.3 is 6.98 Å². The summed E-state index contributed by atoms with van der Waals surface area (Å²) in [6.07, 6.45) is 0. The van der Waals surface area contributed by atoms with E-state index in [1.165, 1.54) is 0 Å². The van der Waals surface area contributed by atoms with Gasteiger partial charge in [0.15, 0.2) is 0 Å². The molecule has 0 aliphatic heterocycles.